The largest absolute Gasteiger partial charge is 0.710 e. The van der Waals surface area contributed by atoms with E-state index in [9.17, 15) is 20.0 Å². The summed E-state index contributed by atoms with van der Waals surface area (Å²) < 4.78 is 0.734. The summed E-state index contributed by atoms with van der Waals surface area (Å²) in [7, 11) is 0. The van der Waals surface area contributed by atoms with Gasteiger partial charge in [-0.2, -0.15) is 4.74 Å². The molecule has 1 amide bonds. The lowest BCUT2D eigenvalue weighted by Crippen LogP contribution is -2.60. The van der Waals surface area contributed by atoms with Crippen LogP contribution in [0.5, 0.6) is 0 Å². The predicted octanol–water partition coefficient (Wildman–Crippen LogP) is -1.62. The first-order valence-electron chi connectivity index (χ1n) is 6.89. The van der Waals surface area contributed by atoms with Crippen LogP contribution in [0.1, 0.15) is 10.4 Å². The molecule has 1 aromatic heterocycles. The summed E-state index contributed by atoms with van der Waals surface area (Å²) in [6.45, 7) is 0. The van der Waals surface area contributed by atoms with E-state index in [2.05, 4.69) is 15.5 Å². The topological polar surface area (TPSA) is 124 Å². The number of hydrogen-bond acceptors (Lipinski definition) is 6. The minimum Gasteiger partial charge on any atom is -0.710 e. The van der Waals surface area contributed by atoms with E-state index < -0.39 is 17.8 Å². The Bertz CT molecular complexity index is 955. The molecule has 1 aliphatic heterocycles. The summed E-state index contributed by atoms with van der Waals surface area (Å²) in [6, 6.07) is 7.61. The summed E-state index contributed by atoms with van der Waals surface area (Å²) in [5, 5.41) is 28.4. The Labute approximate surface area is 135 Å². The van der Waals surface area contributed by atoms with E-state index in [0.717, 1.165) is 0 Å². The van der Waals surface area contributed by atoms with Crippen molar-refractivity contribution < 1.29 is 9.59 Å². The van der Waals surface area contributed by atoms with Crippen LogP contribution in [0.2, 0.25) is 0 Å². The lowest BCUT2D eigenvalue weighted by atomic mass is 10.2. The number of fused-ring (bicyclic) bond motifs is 1. The number of para-hydroxylation sites is 2. The van der Waals surface area contributed by atoms with Crippen LogP contribution in [0.15, 0.2) is 53.9 Å². The number of aldehydes is 1. The third-order valence-corrected chi connectivity index (χ3v) is 3.39. The average Bonchev–Trinajstić information content (AvgIpc) is 2.64. The number of benzene rings is 1. The Morgan fingerprint density at radius 3 is 2.62 bits per heavy atom. The fraction of sp³-hybridized carbons (Fsp3) is 0.0667. The second-order valence-corrected chi connectivity index (χ2v) is 4.84. The zero-order valence-electron chi connectivity index (χ0n) is 12.2. The lowest BCUT2D eigenvalue weighted by molar-refractivity contribution is -0.108. The molecule has 9 heteroatoms. The third kappa shape index (κ3) is 2.58. The molecule has 1 aromatic carbocycles. The zero-order chi connectivity index (χ0) is 17.1. The highest BCUT2D eigenvalue weighted by Gasteiger charge is 2.36. The van der Waals surface area contributed by atoms with E-state index in [0.29, 0.717) is 15.8 Å². The molecule has 1 unspecified atom stereocenters. The van der Waals surface area contributed by atoms with Crippen molar-refractivity contribution in [3.8, 4) is 0 Å². The molecule has 3 rings (SSSR count). The van der Waals surface area contributed by atoms with E-state index in [1.165, 1.54) is 30.6 Å². The number of aromatic nitrogens is 1. The van der Waals surface area contributed by atoms with Crippen molar-refractivity contribution in [2.24, 2.45) is 5.10 Å². The van der Waals surface area contributed by atoms with Gasteiger partial charge < -0.3 is 10.4 Å². The number of nitrogens with one attached hydrogen (secondary N) is 1. The summed E-state index contributed by atoms with van der Waals surface area (Å²) in [5.41, 5.74) is 2.38. The SMILES string of the molecule is O=CC1C(=NNC(=O)c2cccnc2)[N+]([O-])=c2ccccc2=[N+]1[O-]. The van der Waals surface area contributed by atoms with Crippen LogP contribution in [0.3, 0.4) is 0 Å². The number of hydrazone groups is 1. The minimum atomic E-state index is -1.45. The third-order valence-electron chi connectivity index (χ3n) is 3.39. The van der Waals surface area contributed by atoms with Crippen LogP contribution >= 0.6 is 0 Å². The number of nitrogens with zero attached hydrogens (tertiary/aromatic N) is 4. The predicted molar refractivity (Wildman–Crippen MR) is 83.9 cm³/mol. The van der Waals surface area contributed by atoms with E-state index >= 15 is 0 Å². The molecule has 0 saturated carbocycles. The van der Waals surface area contributed by atoms with Gasteiger partial charge in [-0.05, 0) is 18.2 Å². The maximum absolute atomic E-state index is 12.4. The van der Waals surface area contributed by atoms with Crippen LogP contribution in [0.4, 0.5) is 0 Å². The number of amides is 1. The van der Waals surface area contributed by atoms with Gasteiger partial charge in [-0.25, -0.2) is 4.74 Å². The number of amidine groups is 1. The van der Waals surface area contributed by atoms with Gasteiger partial charge in [0.2, 0.25) is 11.6 Å². The number of rotatable bonds is 3. The molecule has 0 saturated heterocycles. The van der Waals surface area contributed by atoms with Gasteiger partial charge in [0, 0.05) is 18.5 Å². The van der Waals surface area contributed by atoms with Gasteiger partial charge in [-0.15, -0.1) is 5.43 Å². The number of hydrogen-bond donors (Lipinski definition) is 1. The molecule has 1 aliphatic rings. The molecule has 1 N–H and O–H groups in total. The lowest BCUT2D eigenvalue weighted by Gasteiger charge is -2.17. The van der Waals surface area contributed by atoms with Gasteiger partial charge in [0.15, 0.2) is 0 Å². The van der Waals surface area contributed by atoms with Gasteiger partial charge in [-0.3, -0.25) is 14.6 Å². The first-order valence-corrected chi connectivity index (χ1v) is 6.89. The maximum Gasteiger partial charge on any atom is 0.405 e. The monoisotopic (exact) mass is 325 g/mol. The fourth-order valence-corrected chi connectivity index (χ4v) is 2.22. The van der Waals surface area contributed by atoms with Gasteiger partial charge >= 0.3 is 11.9 Å². The molecule has 0 radical (unpaired) electrons. The normalized spacial score (nSPS) is 18.2. The van der Waals surface area contributed by atoms with Crippen LogP contribution in [-0.2, 0) is 4.79 Å². The van der Waals surface area contributed by atoms with Gasteiger partial charge in [-0.1, -0.05) is 12.1 Å². The van der Waals surface area contributed by atoms with Crippen molar-refractivity contribution in [3.05, 3.63) is 75.5 Å². The zero-order valence-corrected chi connectivity index (χ0v) is 12.2. The second-order valence-electron chi connectivity index (χ2n) is 4.84. The van der Waals surface area contributed by atoms with Crippen LogP contribution in [0, 0.1) is 10.4 Å². The number of carbonyl (C=O) groups is 2. The van der Waals surface area contributed by atoms with Crippen molar-refractivity contribution >= 4 is 18.0 Å². The van der Waals surface area contributed by atoms with Crippen LogP contribution < -0.4 is 25.6 Å². The highest BCUT2D eigenvalue weighted by molar-refractivity contribution is 6.02. The van der Waals surface area contributed by atoms with Crippen LogP contribution in [-0.4, -0.2) is 29.1 Å². The number of pyridine rings is 1. The summed E-state index contributed by atoms with van der Waals surface area (Å²) in [6.07, 6.45) is 3.11. The molecular weight excluding hydrogens is 314 g/mol. The molecule has 0 spiro atoms. The Morgan fingerprint density at radius 2 is 1.96 bits per heavy atom. The molecule has 1 atom stereocenters. The molecular formula is C15H11N5O4. The summed E-state index contributed by atoms with van der Waals surface area (Å²) in [5.74, 6) is -1.04. The molecule has 0 fully saturated rings. The van der Waals surface area contributed by atoms with Gasteiger partial charge in [0.25, 0.3) is 11.3 Å². The van der Waals surface area contributed by atoms with E-state index in [-0.39, 0.29) is 16.3 Å². The molecule has 0 bridgehead atoms. The van der Waals surface area contributed by atoms with E-state index in [4.69, 9.17) is 0 Å². The number of hydroxylamine groups is 2. The Balaban J connectivity index is 2.03. The Hall–Kier alpha value is -3.62. The summed E-state index contributed by atoms with van der Waals surface area (Å²) in [4.78, 5) is 27.0. The average molecular weight is 325 g/mol. The smallest absolute Gasteiger partial charge is 0.405 e. The number of carbonyl (C=O) groups excluding carboxylic acids is 2. The summed E-state index contributed by atoms with van der Waals surface area (Å²) >= 11 is 0. The van der Waals surface area contributed by atoms with Crippen LogP contribution in [0.25, 0.3) is 0 Å². The van der Waals surface area contributed by atoms with E-state index in [1.807, 2.05) is 0 Å². The second kappa shape index (κ2) is 6.24. The Kier molecular flexibility index (Phi) is 3.98. The standard InChI is InChI=1S/C15H11N5O4/c21-9-13-14(17-18-15(22)10-4-3-7-16-8-10)20(24)12-6-2-1-5-11(12)19(13)23/h1-9,13H,(H,18,22). The molecule has 120 valence electrons. The quantitative estimate of drug-likeness (QED) is 0.314. The molecule has 2 heterocycles. The van der Waals surface area contributed by atoms with Gasteiger partial charge in [0.1, 0.15) is 0 Å². The molecule has 9 nitrogen and oxygen atoms in total. The molecule has 0 aliphatic carbocycles. The first-order chi connectivity index (χ1) is 11.6. The van der Waals surface area contributed by atoms with Gasteiger partial charge in [0.05, 0.1) is 10.7 Å². The highest BCUT2D eigenvalue weighted by atomic mass is 16.5. The highest BCUT2D eigenvalue weighted by Crippen LogP contribution is 1.97. The van der Waals surface area contributed by atoms with Crippen molar-refractivity contribution in [1.29, 1.82) is 0 Å². The van der Waals surface area contributed by atoms with E-state index in [1.54, 1.807) is 18.2 Å². The van der Waals surface area contributed by atoms with Crippen molar-refractivity contribution in [2.45, 2.75) is 6.04 Å². The van der Waals surface area contributed by atoms with Crippen molar-refractivity contribution in [3.63, 3.8) is 0 Å². The molecule has 24 heavy (non-hydrogen) atoms. The minimum absolute atomic E-state index is 0.0416. The van der Waals surface area contributed by atoms with Crippen molar-refractivity contribution in [1.82, 2.24) is 19.9 Å². The fourth-order valence-electron chi connectivity index (χ4n) is 2.22. The first kappa shape index (κ1) is 15.3. The maximum atomic E-state index is 12.4. The molecule has 2 aromatic rings. The Morgan fingerprint density at radius 1 is 1.21 bits per heavy atom. The van der Waals surface area contributed by atoms with Crippen molar-refractivity contribution in [2.75, 3.05) is 0 Å².